The molecule has 105 heavy (non-hydrogen) atoms. The Morgan fingerprint density at radius 2 is 0.819 bits per heavy atom. The molecule has 608 valence electrons. The number of nitrogens with zero attached hydrogens (tertiary/aromatic N) is 14. The van der Waals surface area contributed by atoms with Crippen molar-refractivity contribution < 1.29 is 156 Å². The van der Waals surface area contributed by atoms with Crippen LogP contribution in [0.25, 0.3) is 63.8 Å². The van der Waals surface area contributed by atoms with Gasteiger partial charge in [0.1, 0.15) is 23.1 Å². The molecule has 0 spiro atoms. The van der Waals surface area contributed by atoms with Crippen molar-refractivity contribution in [1.29, 1.82) is 0 Å². The Morgan fingerprint density at radius 3 is 1.09 bits per heavy atom. The zero-order chi connectivity index (χ0) is 72.3. The third kappa shape index (κ3) is 36.1. The maximum Gasteiger partial charge on any atom is 4.00 e. The van der Waals surface area contributed by atoms with Gasteiger partial charge in [-0.25, -0.2) is 0 Å². The third-order valence-electron chi connectivity index (χ3n) is 19.3. The summed E-state index contributed by atoms with van der Waals surface area (Å²) in [6.07, 6.45) is 33.7. The zero-order valence-electron chi connectivity index (χ0n) is 60.6. The summed E-state index contributed by atoms with van der Waals surface area (Å²) >= 11 is 0. The number of aliphatic hydroxyl groups excluding tert-OH is 2. The first-order chi connectivity index (χ1) is 48.0. The summed E-state index contributed by atoms with van der Waals surface area (Å²) in [7, 11) is 0. The minimum Gasteiger partial charge on any atom is -0.678 e. The Hall–Kier alpha value is -1.34. The number of aromatic amines is 2. The molecule has 0 aromatic carbocycles. The van der Waals surface area contributed by atoms with Crippen LogP contribution >= 0.6 is 0 Å². The smallest absolute Gasteiger partial charge is 0.678 e. The van der Waals surface area contributed by atoms with Gasteiger partial charge < -0.3 is 129 Å². The van der Waals surface area contributed by atoms with Crippen LogP contribution in [0, 0.1) is 19.8 Å². The van der Waals surface area contributed by atoms with E-state index in [1.807, 2.05) is 24.1 Å². The second-order valence-corrected chi connectivity index (χ2v) is 27.3. The third-order valence-corrected chi connectivity index (χ3v) is 19.3. The van der Waals surface area contributed by atoms with Crippen molar-refractivity contribution in [2.45, 2.75) is 278 Å². The van der Waals surface area contributed by atoms with Gasteiger partial charge in [-0.3, -0.25) is 24.0 Å². The summed E-state index contributed by atoms with van der Waals surface area (Å²) in [6, 6.07) is -2.08. The van der Waals surface area contributed by atoms with E-state index in [-0.39, 0.29) is 177 Å². The van der Waals surface area contributed by atoms with Gasteiger partial charge in [0.2, 0.25) is 0 Å². The van der Waals surface area contributed by atoms with Gasteiger partial charge in [-0.05, 0) is 31.2 Å². The van der Waals surface area contributed by atoms with Crippen molar-refractivity contribution in [1.82, 2.24) is 19.9 Å². The van der Waals surface area contributed by atoms with E-state index < -0.39 is 46.9 Å². The van der Waals surface area contributed by atoms with Crippen molar-refractivity contribution in [3.05, 3.63) is 153 Å². The van der Waals surface area contributed by atoms with Gasteiger partial charge in [-0.2, -0.15) is 0 Å². The Kier molecular flexibility index (Phi) is 53.4. The molecule has 10 saturated heterocycles. The first kappa shape index (κ1) is 102. The largest absolute Gasteiger partial charge is 4.00 e. The van der Waals surface area contributed by atoms with E-state index in [9.17, 15) is 59.4 Å². The van der Waals surface area contributed by atoms with Crippen molar-refractivity contribution in [3.63, 3.8) is 0 Å². The Morgan fingerprint density at radius 1 is 0.467 bits per heavy atom. The summed E-state index contributed by atoms with van der Waals surface area (Å²) < 4.78 is 0. The standard InChI is InChI=1S/3C11H20N2O2.C11H18N2O.C11H14N2O.C5H10N2O2.2C5H6N2O2.5Pt/c3*14-11(15,9-5-1-3-7-12-9)10-6-2-4-8-13-10;2*14-11(9-5-1-3-7-12-9)10-6-2-4-8-13-10;3*1-3-2-6-5(9)7-4(3)8;;;;;/h3*9-10,14-15H,1-8H2;9-10H,1-8H2;1,3,5,10H,2,4,6-8H2;3-5,8-9H,2H2,1H3;2*2H,1H3,(H2,6,7,8,9);;;;;/q6*-2;;;;;3*+4/p-2. The number of hydrogen-bond donors (Lipinski definition) is 10. The summed E-state index contributed by atoms with van der Waals surface area (Å²) in [5, 5.41) is 129. The van der Waals surface area contributed by atoms with Gasteiger partial charge in [0.25, 0.3) is 0 Å². The van der Waals surface area contributed by atoms with E-state index in [0.29, 0.717) is 35.7 Å². The van der Waals surface area contributed by atoms with E-state index >= 15 is 0 Å². The molecule has 35 heteroatoms. The number of Topliss-reactive ketones (excluding diaryl/α,β-unsaturated/α-hetero) is 2. The monoisotopic (exact) mass is 2380 g/mol. The molecule has 10 N–H and O–H groups in total. The first-order valence-corrected chi connectivity index (χ1v) is 36.6. The van der Waals surface area contributed by atoms with Crippen LogP contribution in [-0.4, -0.2) is 219 Å². The molecule has 30 nitrogen and oxygen atoms in total. The number of aliphatic hydroxyl groups is 8. The minimum absolute atomic E-state index is 0. The van der Waals surface area contributed by atoms with Gasteiger partial charge >= 0.3 is 63.2 Å². The molecule has 0 bridgehead atoms. The maximum atomic E-state index is 12.0. The van der Waals surface area contributed by atoms with E-state index in [2.05, 4.69) is 78.8 Å². The summed E-state index contributed by atoms with van der Waals surface area (Å²) in [6.45, 7) is 13.3. The van der Waals surface area contributed by atoms with Crippen molar-refractivity contribution >= 4 is 11.6 Å². The molecule has 0 radical (unpaired) electrons. The van der Waals surface area contributed by atoms with Crippen LogP contribution in [0.1, 0.15) is 191 Å². The van der Waals surface area contributed by atoms with Crippen LogP contribution in [0.15, 0.2) is 55.5 Å². The molecule has 0 aliphatic carbocycles. The molecule has 2 aromatic rings. The number of aromatic nitrogens is 4. The van der Waals surface area contributed by atoms with Crippen LogP contribution in [-0.2, 0) is 115 Å². The van der Waals surface area contributed by atoms with E-state index in [4.69, 9.17) is 10.2 Å². The Bertz CT molecular complexity index is 2700. The van der Waals surface area contributed by atoms with Crippen LogP contribution in [0.2, 0.25) is 0 Å². The van der Waals surface area contributed by atoms with E-state index in [1.165, 1.54) is 12.4 Å². The zero-order valence-corrected chi connectivity index (χ0v) is 71.9. The van der Waals surface area contributed by atoms with Crippen LogP contribution in [0.3, 0.4) is 0 Å². The van der Waals surface area contributed by atoms with Gasteiger partial charge in [-0.1, -0.05) is 271 Å². The summed E-state index contributed by atoms with van der Waals surface area (Å²) in [5.74, 6) is -4.63. The molecule has 12 atom stereocenters. The second-order valence-electron chi connectivity index (χ2n) is 27.3. The van der Waals surface area contributed by atoms with Crippen molar-refractivity contribution in [2.24, 2.45) is 5.92 Å². The number of allylic oxidation sites excluding steroid dienone is 2. The quantitative estimate of drug-likeness (QED) is 0.105. The fourth-order valence-electron chi connectivity index (χ4n) is 13.1. The van der Waals surface area contributed by atoms with Gasteiger partial charge in [0.15, 0.2) is 22.5 Å². The van der Waals surface area contributed by atoms with E-state index in [0.717, 1.165) is 232 Å². The van der Waals surface area contributed by atoms with Crippen molar-refractivity contribution in [2.75, 3.05) is 72.0 Å². The maximum absolute atomic E-state index is 12.0. The van der Waals surface area contributed by atoms with Crippen LogP contribution in [0.4, 0.5) is 0 Å². The number of aryl methyl sites for hydroxylation is 2. The Balaban J connectivity index is 0.000000601. The molecular weight excluding hydrogens is 2260 g/mol. The van der Waals surface area contributed by atoms with Crippen LogP contribution in [0.5, 0.6) is 0 Å². The predicted octanol–water partition coefficient (Wildman–Crippen LogP) is 7.24. The summed E-state index contributed by atoms with van der Waals surface area (Å²) in [5.41, 5.74) is -0.502. The number of carbonyl (C=O) groups is 2. The second kappa shape index (κ2) is 55.2. The molecule has 11 aliphatic heterocycles. The number of hydrogen-bond acceptors (Lipinski definition) is 14. The molecule has 0 saturated carbocycles. The Labute approximate surface area is 690 Å². The average molecular weight is 2380 g/mol. The molecule has 12 unspecified atom stereocenters. The fourth-order valence-corrected chi connectivity index (χ4v) is 13.1. The van der Waals surface area contributed by atoms with Crippen molar-refractivity contribution in [3.8, 4) is 0 Å². The number of nitrogens with one attached hydrogen (secondary N) is 2. The van der Waals surface area contributed by atoms with Gasteiger partial charge in [0.05, 0.1) is 5.78 Å². The molecule has 10 fully saturated rings. The minimum atomic E-state index is -1.69. The fraction of sp³-hybridized carbons (Fsp3) is 0.800. The molecule has 0 amide bonds. The van der Waals surface area contributed by atoms with E-state index in [1.54, 1.807) is 19.9 Å². The number of ketones is 2. The molecule has 2 aromatic heterocycles. The van der Waals surface area contributed by atoms with Crippen LogP contribution < -0.4 is 32.5 Å². The summed E-state index contributed by atoms with van der Waals surface area (Å²) in [4.78, 5) is 76.2. The normalized spacial score (nSPS) is 28.1. The molecule has 13 heterocycles. The van der Waals surface area contributed by atoms with Gasteiger partial charge in [-0.15, -0.1) is 84.4 Å². The number of carbonyl (C=O) groups excluding carboxylic acids is 2. The molecule has 11 aliphatic rings. The topological polar surface area (TPSA) is 493 Å². The molecule has 13 rings (SSSR count). The number of rotatable bonds is 10. The average Bonchev–Trinajstić information content (AvgIpc) is 0.818. The predicted molar refractivity (Wildman–Crippen MR) is 385 cm³/mol. The van der Waals surface area contributed by atoms with Gasteiger partial charge in [0, 0.05) is 42.1 Å². The number of piperidine rings is 9. The SMILES string of the molecule is CC1C[N-]C(O)[N-]C1O.Cc1c[n-]c(=O)[nH]c1=O.Cc1c[nH]c(=O)[n-]c1=O.O=C(C1=CC=CC[N-]1)C1CCCC[N-]1.O=C(C1CCCC[N-]1)C1CCCC[N-]1.OC(O)(C1CCCC[N-]1)C1CCCC[N-]1.OC(O)(C1CCCC[N-]1)C1CCCC[N-]1.OC(O)(C1CCCC[N-]1)C1CCCC[N-]1.[Pt+4].[Pt+4].[Pt+4].[Pt].[Pt]. The number of H-pyrrole nitrogens is 2. The first-order valence-electron chi connectivity index (χ1n) is 36.6. The molecular formula is C70H112N16O14Pt5-2.